The molecule has 0 bridgehead atoms. The summed E-state index contributed by atoms with van der Waals surface area (Å²) in [6, 6.07) is 1.53. The van der Waals surface area contributed by atoms with Gasteiger partial charge in [-0.05, 0) is 42.9 Å². The van der Waals surface area contributed by atoms with Crippen molar-refractivity contribution in [1.82, 2.24) is 5.32 Å². The highest BCUT2D eigenvalue weighted by atomic mass is 79.9. The van der Waals surface area contributed by atoms with Crippen molar-refractivity contribution in [3.8, 4) is 0 Å². The van der Waals surface area contributed by atoms with Crippen LogP contribution in [0.3, 0.4) is 0 Å². The second-order valence-electron chi connectivity index (χ2n) is 3.96. The summed E-state index contributed by atoms with van der Waals surface area (Å²) >= 11 is 9.16. The van der Waals surface area contributed by atoms with E-state index in [1.807, 2.05) is 20.9 Å². The van der Waals surface area contributed by atoms with E-state index < -0.39 is 5.82 Å². The van der Waals surface area contributed by atoms with Gasteiger partial charge in [-0.1, -0.05) is 11.6 Å². The first-order chi connectivity index (χ1) is 7.97. The van der Waals surface area contributed by atoms with Crippen LogP contribution in [0.2, 0.25) is 5.02 Å². The van der Waals surface area contributed by atoms with Crippen molar-refractivity contribution in [1.29, 1.82) is 0 Å². The van der Waals surface area contributed by atoms with E-state index in [0.29, 0.717) is 15.4 Å². The van der Waals surface area contributed by atoms with Crippen molar-refractivity contribution >= 4 is 38.5 Å². The predicted octanol–water partition coefficient (Wildman–Crippen LogP) is 4.58. The highest BCUT2D eigenvalue weighted by molar-refractivity contribution is 9.10. The van der Waals surface area contributed by atoms with Gasteiger partial charge in [0.05, 0.1) is 20.9 Å². The van der Waals surface area contributed by atoms with E-state index in [-0.39, 0.29) is 11.1 Å². The van der Waals surface area contributed by atoms with Gasteiger partial charge in [-0.15, -0.1) is 0 Å². The lowest BCUT2D eigenvalue weighted by atomic mass is 10.1. The minimum absolute atomic E-state index is 0.0208. The molecule has 2 rings (SSSR count). The molecule has 0 fully saturated rings. The number of hydrogen-bond acceptors (Lipinski definition) is 2. The van der Waals surface area contributed by atoms with Crippen LogP contribution in [0.1, 0.15) is 24.3 Å². The lowest BCUT2D eigenvalue weighted by Gasteiger charge is -2.06. The van der Waals surface area contributed by atoms with Gasteiger partial charge in [0.25, 0.3) is 0 Å². The number of hydrogen-bond donors (Lipinski definition) is 1. The van der Waals surface area contributed by atoms with Crippen LogP contribution in [0.25, 0.3) is 11.0 Å². The Hall–Kier alpha value is -0.580. The summed E-state index contributed by atoms with van der Waals surface area (Å²) in [5.41, 5.74) is 1.28. The molecule has 17 heavy (non-hydrogen) atoms. The topological polar surface area (TPSA) is 25.2 Å². The third-order valence-corrected chi connectivity index (χ3v) is 3.77. The number of benzene rings is 1. The molecule has 5 heteroatoms. The maximum absolute atomic E-state index is 14.0. The second kappa shape index (κ2) is 4.59. The fraction of sp³-hybridized carbons (Fsp3) is 0.333. The van der Waals surface area contributed by atoms with Gasteiger partial charge in [-0.2, -0.15) is 0 Å². The van der Waals surface area contributed by atoms with Crippen LogP contribution in [0, 0.1) is 12.7 Å². The third-order valence-electron chi connectivity index (χ3n) is 2.91. The molecule has 1 unspecified atom stereocenters. The molecular weight excluding hydrogens is 308 g/mol. The van der Waals surface area contributed by atoms with E-state index in [2.05, 4.69) is 21.2 Å². The molecule has 1 heterocycles. The summed E-state index contributed by atoms with van der Waals surface area (Å²) in [5, 5.41) is 3.61. The number of halogens is 3. The maximum Gasteiger partial charge on any atom is 0.153 e. The van der Waals surface area contributed by atoms with Gasteiger partial charge in [0.1, 0.15) is 5.76 Å². The van der Waals surface area contributed by atoms with Crippen LogP contribution < -0.4 is 5.32 Å². The quantitative estimate of drug-likeness (QED) is 0.820. The molecule has 2 aromatic rings. The number of furan rings is 1. The van der Waals surface area contributed by atoms with Crippen LogP contribution in [-0.2, 0) is 0 Å². The molecule has 1 aromatic carbocycles. The summed E-state index contributed by atoms with van der Waals surface area (Å²) in [7, 11) is 1.83. The van der Waals surface area contributed by atoms with Crippen molar-refractivity contribution < 1.29 is 8.81 Å². The molecule has 2 nitrogen and oxygen atoms in total. The van der Waals surface area contributed by atoms with E-state index >= 15 is 0 Å². The predicted molar refractivity (Wildman–Crippen MR) is 71.1 cm³/mol. The Morgan fingerprint density at radius 3 is 2.76 bits per heavy atom. The minimum Gasteiger partial charge on any atom is -0.458 e. The molecule has 0 aliphatic rings. The Kier molecular flexibility index (Phi) is 3.48. The molecule has 0 amide bonds. The van der Waals surface area contributed by atoms with Gasteiger partial charge in [-0.25, -0.2) is 4.39 Å². The largest absolute Gasteiger partial charge is 0.458 e. The summed E-state index contributed by atoms with van der Waals surface area (Å²) in [5.74, 6) is 0.296. The first-order valence-corrected chi connectivity index (χ1v) is 6.38. The average Bonchev–Trinajstić information content (AvgIpc) is 2.64. The molecule has 0 aliphatic carbocycles. The van der Waals surface area contributed by atoms with Gasteiger partial charge in [0, 0.05) is 5.56 Å². The Morgan fingerprint density at radius 1 is 1.53 bits per heavy atom. The standard InChI is InChI=1S/C12H12BrClFNO/c1-5-9-10(15)8(14)4-7(13)12(9)17-11(5)6(2)16-3/h4,6,16H,1-3H3. The number of aryl methyl sites for hydroxylation is 1. The number of nitrogens with one attached hydrogen (secondary N) is 1. The summed E-state index contributed by atoms with van der Waals surface area (Å²) in [6.45, 7) is 3.79. The lowest BCUT2D eigenvalue weighted by molar-refractivity contribution is 0.470. The van der Waals surface area contributed by atoms with Gasteiger partial charge in [-0.3, -0.25) is 0 Å². The van der Waals surface area contributed by atoms with Crippen LogP contribution >= 0.6 is 27.5 Å². The normalized spacial score (nSPS) is 13.3. The molecule has 0 saturated heterocycles. The minimum atomic E-state index is -0.430. The van der Waals surface area contributed by atoms with Gasteiger partial charge >= 0.3 is 0 Å². The second-order valence-corrected chi connectivity index (χ2v) is 5.22. The first kappa shape index (κ1) is 12.9. The Morgan fingerprint density at radius 2 is 2.18 bits per heavy atom. The van der Waals surface area contributed by atoms with Gasteiger partial charge < -0.3 is 9.73 Å². The van der Waals surface area contributed by atoms with Crippen molar-refractivity contribution in [2.75, 3.05) is 7.05 Å². The average molecular weight is 321 g/mol. The highest BCUT2D eigenvalue weighted by Crippen LogP contribution is 2.38. The van der Waals surface area contributed by atoms with E-state index in [1.54, 1.807) is 0 Å². The van der Waals surface area contributed by atoms with Crippen LogP contribution in [-0.4, -0.2) is 7.05 Å². The summed E-state index contributed by atoms with van der Waals surface area (Å²) < 4.78 is 20.4. The van der Waals surface area contributed by atoms with Crippen molar-refractivity contribution in [2.24, 2.45) is 0 Å². The van der Waals surface area contributed by atoms with Crippen molar-refractivity contribution in [3.05, 3.63) is 32.7 Å². The molecule has 0 aliphatic heterocycles. The van der Waals surface area contributed by atoms with Crippen LogP contribution in [0.4, 0.5) is 4.39 Å². The Bertz CT molecular complexity index is 582. The Labute approximate surface area is 112 Å². The smallest absolute Gasteiger partial charge is 0.153 e. The highest BCUT2D eigenvalue weighted by Gasteiger charge is 2.21. The zero-order valence-electron chi connectivity index (χ0n) is 9.70. The summed E-state index contributed by atoms with van der Waals surface area (Å²) in [6.07, 6.45) is 0. The molecule has 0 spiro atoms. The first-order valence-electron chi connectivity index (χ1n) is 5.21. The van der Waals surface area contributed by atoms with Gasteiger partial charge in [0.15, 0.2) is 11.4 Å². The van der Waals surface area contributed by atoms with E-state index in [0.717, 1.165) is 11.3 Å². The molecule has 1 N–H and O–H groups in total. The Balaban J connectivity index is 2.82. The SMILES string of the molecule is CNC(C)c1oc2c(Br)cc(Cl)c(F)c2c1C. The lowest BCUT2D eigenvalue weighted by Crippen LogP contribution is -2.12. The fourth-order valence-electron chi connectivity index (χ4n) is 1.87. The van der Waals surface area contributed by atoms with E-state index in [4.69, 9.17) is 16.0 Å². The van der Waals surface area contributed by atoms with E-state index in [1.165, 1.54) is 6.07 Å². The molecule has 0 saturated carbocycles. The summed E-state index contributed by atoms with van der Waals surface area (Å²) in [4.78, 5) is 0. The molecular formula is C12H12BrClFNO. The van der Waals surface area contributed by atoms with Crippen LogP contribution in [0.15, 0.2) is 15.0 Å². The maximum atomic E-state index is 14.0. The molecule has 1 atom stereocenters. The zero-order valence-corrected chi connectivity index (χ0v) is 12.0. The van der Waals surface area contributed by atoms with Crippen molar-refractivity contribution in [3.63, 3.8) is 0 Å². The molecule has 1 aromatic heterocycles. The number of rotatable bonds is 2. The monoisotopic (exact) mass is 319 g/mol. The van der Waals surface area contributed by atoms with E-state index in [9.17, 15) is 4.39 Å². The zero-order chi connectivity index (χ0) is 12.7. The van der Waals surface area contributed by atoms with Crippen molar-refractivity contribution in [2.45, 2.75) is 19.9 Å². The van der Waals surface area contributed by atoms with Gasteiger partial charge in [0.2, 0.25) is 0 Å². The molecule has 0 radical (unpaired) electrons. The third kappa shape index (κ3) is 1.98. The number of fused-ring (bicyclic) bond motifs is 1. The van der Waals surface area contributed by atoms with Crippen LogP contribution in [0.5, 0.6) is 0 Å². The molecule has 92 valence electrons. The fourth-order valence-corrected chi connectivity index (χ4v) is 2.71.